The number of nitrogens with one attached hydrogen (secondary N) is 2. The summed E-state index contributed by atoms with van der Waals surface area (Å²) in [6.07, 6.45) is -3.72. The molecule has 1 amide bonds. The molecule has 174 valence electrons. The van der Waals surface area contributed by atoms with E-state index in [0.29, 0.717) is 58.3 Å². The average molecular weight is 444 g/mol. The van der Waals surface area contributed by atoms with Crippen LogP contribution in [0.2, 0.25) is 0 Å². The molecule has 0 spiro atoms. The van der Waals surface area contributed by atoms with Crippen molar-refractivity contribution < 1.29 is 18.0 Å². The van der Waals surface area contributed by atoms with Crippen molar-refractivity contribution in [2.75, 3.05) is 75.7 Å². The zero-order valence-electron chi connectivity index (χ0n) is 18.2. The predicted octanol–water partition coefficient (Wildman–Crippen LogP) is 1.51. The zero-order valence-corrected chi connectivity index (χ0v) is 18.2. The molecule has 1 aromatic rings. The maximum absolute atomic E-state index is 13.4. The molecule has 2 aliphatic rings. The van der Waals surface area contributed by atoms with Crippen molar-refractivity contribution in [1.82, 2.24) is 25.1 Å². The minimum atomic E-state index is -4.54. The van der Waals surface area contributed by atoms with E-state index in [1.54, 1.807) is 0 Å². The number of halogens is 3. The van der Waals surface area contributed by atoms with E-state index >= 15 is 0 Å². The lowest BCUT2D eigenvalue weighted by atomic mass is 10.1. The van der Waals surface area contributed by atoms with Gasteiger partial charge in [-0.1, -0.05) is 13.8 Å². The summed E-state index contributed by atoms with van der Waals surface area (Å²) in [6.45, 7) is 10.2. The summed E-state index contributed by atoms with van der Waals surface area (Å²) in [6, 6.07) is 1.01. The molecule has 0 aliphatic carbocycles. The Morgan fingerprint density at radius 3 is 2.42 bits per heavy atom. The van der Waals surface area contributed by atoms with Crippen LogP contribution in [-0.4, -0.2) is 91.1 Å². The Labute approximate surface area is 181 Å². The van der Waals surface area contributed by atoms with Crippen LogP contribution in [-0.2, 0) is 11.0 Å². The lowest BCUT2D eigenvalue weighted by Crippen LogP contribution is -2.53. The number of alkyl halides is 3. The molecule has 0 atom stereocenters. The monoisotopic (exact) mass is 443 g/mol. The van der Waals surface area contributed by atoms with Crippen LogP contribution in [0.5, 0.6) is 0 Å². The summed E-state index contributed by atoms with van der Waals surface area (Å²) in [7, 11) is 0. The molecule has 0 unspecified atom stereocenters. The van der Waals surface area contributed by atoms with Crippen LogP contribution in [0.15, 0.2) is 6.07 Å². The van der Waals surface area contributed by atoms with Crippen molar-refractivity contribution >= 4 is 17.7 Å². The third-order valence-corrected chi connectivity index (χ3v) is 5.53. The first-order valence-corrected chi connectivity index (χ1v) is 10.9. The topological polar surface area (TPSA) is 76.6 Å². The highest BCUT2D eigenvalue weighted by Crippen LogP contribution is 2.31. The average Bonchev–Trinajstić information content (AvgIpc) is 2.74. The molecule has 11 heteroatoms. The summed E-state index contributed by atoms with van der Waals surface area (Å²) in [5.41, 5.74) is -0.944. The van der Waals surface area contributed by atoms with Gasteiger partial charge in [-0.05, 0) is 12.3 Å². The van der Waals surface area contributed by atoms with Crippen molar-refractivity contribution in [3.8, 4) is 0 Å². The van der Waals surface area contributed by atoms with E-state index in [1.807, 2.05) is 23.6 Å². The molecule has 1 aromatic heterocycles. The highest BCUT2D eigenvalue weighted by molar-refractivity contribution is 5.78. The lowest BCUT2D eigenvalue weighted by Gasteiger charge is -2.36. The number of amides is 1. The van der Waals surface area contributed by atoms with Crippen LogP contribution < -0.4 is 15.5 Å². The molecule has 0 aromatic carbocycles. The van der Waals surface area contributed by atoms with Crippen molar-refractivity contribution in [2.45, 2.75) is 26.4 Å². The molecular formula is C20H32F3N7O. The van der Waals surface area contributed by atoms with Gasteiger partial charge < -0.3 is 20.4 Å². The Morgan fingerprint density at radius 1 is 1.13 bits per heavy atom. The molecule has 0 radical (unpaired) electrons. The maximum Gasteiger partial charge on any atom is 0.433 e. The highest BCUT2D eigenvalue weighted by atomic mass is 19.4. The van der Waals surface area contributed by atoms with Crippen molar-refractivity contribution in [3.63, 3.8) is 0 Å². The minimum absolute atomic E-state index is 0.00166. The van der Waals surface area contributed by atoms with E-state index < -0.39 is 11.9 Å². The smallest absolute Gasteiger partial charge is 0.354 e. The quantitative estimate of drug-likeness (QED) is 0.662. The predicted molar refractivity (Wildman–Crippen MR) is 113 cm³/mol. The molecule has 0 saturated carbocycles. The van der Waals surface area contributed by atoms with Gasteiger partial charge in [-0.25, -0.2) is 4.98 Å². The number of hydrogen-bond donors (Lipinski definition) is 2. The van der Waals surface area contributed by atoms with Crippen molar-refractivity contribution in [2.24, 2.45) is 5.92 Å². The lowest BCUT2D eigenvalue weighted by molar-refractivity contribution is -0.141. The molecule has 2 fully saturated rings. The summed E-state index contributed by atoms with van der Waals surface area (Å²) < 4.78 is 40.1. The SMILES string of the molecule is CC(C)CCNc1nc(N2CCN(CC(=O)N3CCNCC3)CC2)cc(C(F)(F)F)n1. The number of carbonyl (C=O) groups is 1. The van der Waals surface area contributed by atoms with E-state index in [-0.39, 0.29) is 17.7 Å². The molecule has 31 heavy (non-hydrogen) atoms. The molecule has 2 saturated heterocycles. The molecule has 2 aliphatic heterocycles. The summed E-state index contributed by atoms with van der Waals surface area (Å²) in [5.74, 6) is 0.798. The Balaban J connectivity index is 1.60. The fraction of sp³-hybridized carbons (Fsp3) is 0.750. The maximum atomic E-state index is 13.4. The number of piperazine rings is 2. The van der Waals surface area contributed by atoms with Gasteiger partial charge >= 0.3 is 6.18 Å². The van der Waals surface area contributed by atoms with Crippen LogP contribution in [0.25, 0.3) is 0 Å². The number of anilines is 2. The van der Waals surface area contributed by atoms with Gasteiger partial charge in [-0.2, -0.15) is 18.2 Å². The van der Waals surface area contributed by atoms with E-state index in [0.717, 1.165) is 25.6 Å². The first-order chi connectivity index (χ1) is 14.7. The van der Waals surface area contributed by atoms with Crippen LogP contribution in [0.3, 0.4) is 0 Å². The first-order valence-electron chi connectivity index (χ1n) is 10.9. The van der Waals surface area contributed by atoms with Gasteiger partial charge in [-0.15, -0.1) is 0 Å². The number of nitrogens with zero attached hydrogens (tertiary/aromatic N) is 5. The van der Waals surface area contributed by atoms with Gasteiger partial charge in [0.05, 0.1) is 6.54 Å². The normalized spacial score (nSPS) is 18.5. The number of rotatable bonds is 7. The Bertz CT molecular complexity index is 730. The third kappa shape index (κ3) is 6.93. The highest BCUT2D eigenvalue weighted by Gasteiger charge is 2.34. The molecule has 2 N–H and O–H groups in total. The van der Waals surface area contributed by atoms with Crippen LogP contribution in [0.4, 0.5) is 24.9 Å². The molecule has 8 nitrogen and oxygen atoms in total. The second-order valence-electron chi connectivity index (χ2n) is 8.44. The number of hydrogen-bond acceptors (Lipinski definition) is 7. The van der Waals surface area contributed by atoms with E-state index in [9.17, 15) is 18.0 Å². The van der Waals surface area contributed by atoms with Gasteiger partial charge in [0.2, 0.25) is 11.9 Å². The fourth-order valence-electron chi connectivity index (χ4n) is 3.63. The van der Waals surface area contributed by atoms with Crippen LogP contribution >= 0.6 is 0 Å². The number of aromatic nitrogens is 2. The molecule has 0 bridgehead atoms. The van der Waals surface area contributed by atoms with Gasteiger partial charge in [-0.3, -0.25) is 9.69 Å². The Hall–Kier alpha value is -2.14. The van der Waals surface area contributed by atoms with Crippen molar-refractivity contribution in [3.05, 3.63) is 11.8 Å². The minimum Gasteiger partial charge on any atom is -0.354 e. The summed E-state index contributed by atoms with van der Waals surface area (Å²) >= 11 is 0. The van der Waals surface area contributed by atoms with Crippen LogP contribution in [0, 0.1) is 5.92 Å². The molecule has 3 heterocycles. The number of carbonyl (C=O) groups excluding carboxylic acids is 1. The van der Waals surface area contributed by atoms with Crippen LogP contribution in [0.1, 0.15) is 26.0 Å². The van der Waals surface area contributed by atoms with Crippen molar-refractivity contribution in [1.29, 1.82) is 0 Å². The van der Waals surface area contributed by atoms with Gasteiger partial charge in [0.25, 0.3) is 0 Å². The largest absolute Gasteiger partial charge is 0.433 e. The Morgan fingerprint density at radius 2 is 1.81 bits per heavy atom. The van der Waals surface area contributed by atoms with E-state index in [1.165, 1.54) is 0 Å². The van der Waals surface area contributed by atoms with E-state index in [2.05, 4.69) is 25.5 Å². The Kier molecular flexibility index (Phi) is 7.93. The second-order valence-corrected chi connectivity index (χ2v) is 8.44. The third-order valence-electron chi connectivity index (χ3n) is 5.53. The first kappa shape index (κ1) is 23.5. The van der Waals surface area contributed by atoms with Gasteiger partial charge in [0, 0.05) is 65.0 Å². The summed E-state index contributed by atoms with van der Waals surface area (Å²) in [4.78, 5) is 26.2. The standard InChI is InChI=1S/C20H32F3N7O/c1-15(2)3-4-25-19-26-16(20(21,22)23)13-17(27-19)29-11-9-28(10-12-29)14-18(31)30-7-5-24-6-8-30/h13,15,24H,3-12,14H2,1-2H3,(H,25,26,27). The summed E-state index contributed by atoms with van der Waals surface area (Å²) in [5, 5.41) is 6.15. The van der Waals surface area contributed by atoms with Gasteiger partial charge in [0.1, 0.15) is 5.82 Å². The molecule has 3 rings (SSSR count). The van der Waals surface area contributed by atoms with Gasteiger partial charge in [0.15, 0.2) is 5.69 Å². The van der Waals surface area contributed by atoms with E-state index in [4.69, 9.17) is 0 Å². The second kappa shape index (κ2) is 10.4. The molecular weight excluding hydrogens is 411 g/mol. The fourth-order valence-corrected chi connectivity index (χ4v) is 3.63. The zero-order chi connectivity index (χ0) is 22.4.